The molecule has 11 heteroatoms. The second kappa shape index (κ2) is 9.18. The van der Waals surface area contributed by atoms with Gasteiger partial charge in [-0.2, -0.15) is 0 Å². The Bertz CT molecular complexity index is 1440. The van der Waals surface area contributed by atoms with Gasteiger partial charge in [-0.1, -0.05) is 0 Å². The van der Waals surface area contributed by atoms with Crippen molar-refractivity contribution in [3.8, 4) is 5.69 Å². The number of anilines is 3. The lowest BCUT2D eigenvalue weighted by atomic mass is 9.89. The third-order valence-electron chi connectivity index (χ3n) is 6.18. The Balaban J connectivity index is 1.48. The van der Waals surface area contributed by atoms with E-state index in [1.165, 1.54) is 15.3 Å². The van der Waals surface area contributed by atoms with Crippen LogP contribution in [0.15, 0.2) is 53.7 Å². The van der Waals surface area contributed by atoms with Gasteiger partial charge < -0.3 is 20.7 Å². The summed E-state index contributed by atoms with van der Waals surface area (Å²) in [6, 6.07) is 8.82. The molecule has 180 valence electrons. The highest BCUT2D eigenvalue weighted by molar-refractivity contribution is 5.94. The summed E-state index contributed by atoms with van der Waals surface area (Å²) in [6.45, 7) is 1.89. The lowest BCUT2D eigenvalue weighted by molar-refractivity contribution is 0.00718. The molecule has 4 aromatic heterocycles. The second-order valence-corrected chi connectivity index (χ2v) is 8.38. The molecule has 0 aliphatic heterocycles. The summed E-state index contributed by atoms with van der Waals surface area (Å²) in [5, 5.41) is 13.7. The summed E-state index contributed by atoms with van der Waals surface area (Å²) in [7, 11) is 3.40. The number of methoxy groups -OCH3 is 1. The number of nitrogens with zero attached hydrogens (tertiary/aromatic N) is 5. The van der Waals surface area contributed by atoms with E-state index in [9.17, 15) is 9.59 Å². The van der Waals surface area contributed by atoms with E-state index in [-0.39, 0.29) is 29.3 Å². The fourth-order valence-electron chi connectivity index (χ4n) is 4.06. The second-order valence-electron chi connectivity index (χ2n) is 8.38. The van der Waals surface area contributed by atoms with Crippen LogP contribution in [-0.4, -0.2) is 56.4 Å². The van der Waals surface area contributed by atoms with Crippen LogP contribution in [0.1, 0.15) is 29.0 Å². The van der Waals surface area contributed by atoms with Crippen LogP contribution in [0.5, 0.6) is 0 Å². The number of aryl methyl sites for hydroxylation is 1. The van der Waals surface area contributed by atoms with Crippen molar-refractivity contribution in [3.05, 3.63) is 70.7 Å². The summed E-state index contributed by atoms with van der Waals surface area (Å²) in [4.78, 5) is 34.8. The topological polar surface area (TPSA) is 127 Å². The third-order valence-corrected chi connectivity index (χ3v) is 6.18. The molecule has 0 radical (unpaired) electrons. The van der Waals surface area contributed by atoms with Gasteiger partial charge in [0.25, 0.3) is 11.5 Å². The molecule has 0 saturated heterocycles. The van der Waals surface area contributed by atoms with Crippen molar-refractivity contribution in [3.63, 3.8) is 0 Å². The van der Waals surface area contributed by atoms with Gasteiger partial charge in [0.15, 0.2) is 17.2 Å². The first-order chi connectivity index (χ1) is 17.0. The first-order valence-corrected chi connectivity index (χ1v) is 11.3. The number of carbonyl (C=O) groups excluding carboxylic acids is 1. The highest BCUT2D eigenvalue weighted by atomic mass is 16.5. The zero-order chi connectivity index (χ0) is 24.5. The predicted octanol–water partition coefficient (Wildman–Crippen LogP) is 2.28. The van der Waals surface area contributed by atoms with Crippen LogP contribution in [-0.2, 0) is 4.74 Å². The Morgan fingerprint density at radius 2 is 2.00 bits per heavy atom. The predicted molar refractivity (Wildman–Crippen MR) is 132 cm³/mol. The van der Waals surface area contributed by atoms with Crippen molar-refractivity contribution < 1.29 is 9.53 Å². The molecule has 1 amide bonds. The molecule has 1 aliphatic rings. The highest BCUT2D eigenvalue weighted by Crippen LogP contribution is 2.24. The number of fused-ring (bicyclic) bond motifs is 1. The number of carbonyl (C=O) groups is 1. The molecule has 11 nitrogen and oxygen atoms in total. The molecular weight excluding hydrogens is 448 g/mol. The average Bonchev–Trinajstić information content (AvgIpc) is 3.27. The van der Waals surface area contributed by atoms with Crippen molar-refractivity contribution in [2.75, 3.05) is 24.8 Å². The molecular formula is C24H26N8O3. The minimum atomic E-state index is -0.287. The van der Waals surface area contributed by atoms with Crippen LogP contribution in [0.2, 0.25) is 0 Å². The Kier molecular flexibility index (Phi) is 5.91. The number of imidazole rings is 1. The molecule has 35 heavy (non-hydrogen) atoms. The van der Waals surface area contributed by atoms with E-state index < -0.39 is 0 Å². The maximum absolute atomic E-state index is 13.2. The van der Waals surface area contributed by atoms with Crippen LogP contribution >= 0.6 is 0 Å². The highest BCUT2D eigenvalue weighted by Gasteiger charge is 2.33. The molecule has 4 heterocycles. The number of ether oxygens (including phenoxy) is 1. The zero-order valence-electron chi connectivity index (χ0n) is 19.6. The van der Waals surface area contributed by atoms with E-state index >= 15 is 0 Å². The van der Waals surface area contributed by atoms with Gasteiger partial charge in [-0.05, 0) is 44.0 Å². The number of aromatic nitrogens is 5. The van der Waals surface area contributed by atoms with Gasteiger partial charge in [0.05, 0.1) is 35.9 Å². The molecule has 1 fully saturated rings. The van der Waals surface area contributed by atoms with Crippen LogP contribution in [0.3, 0.4) is 0 Å². The number of hydrogen-bond donors (Lipinski definition) is 3. The first kappa shape index (κ1) is 22.5. The molecule has 4 aromatic rings. The van der Waals surface area contributed by atoms with Gasteiger partial charge >= 0.3 is 0 Å². The van der Waals surface area contributed by atoms with Gasteiger partial charge in [0, 0.05) is 32.1 Å². The quantitative estimate of drug-likeness (QED) is 0.372. The van der Waals surface area contributed by atoms with Crippen LogP contribution < -0.4 is 21.5 Å². The summed E-state index contributed by atoms with van der Waals surface area (Å²) < 4.78 is 8.35. The molecule has 1 aliphatic carbocycles. The van der Waals surface area contributed by atoms with Crippen LogP contribution in [0, 0.1) is 6.92 Å². The maximum atomic E-state index is 13.2. The molecule has 5 rings (SSSR count). The Morgan fingerprint density at radius 1 is 1.14 bits per heavy atom. The largest absolute Gasteiger partial charge is 0.385 e. The van der Waals surface area contributed by atoms with Gasteiger partial charge in [0.2, 0.25) is 0 Å². The van der Waals surface area contributed by atoms with Gasteiger partial charge in [-0.15, -0.1) is 5.10 Å². The van der Waals surface area contributed by atoms with Gasteiger partial charge in [-0.3, -0.25) is 19.1 Å². The molecule has 0 bridgehead atoms. The maximum Gasteiger partial charge on any atom is 0.278 e. The number of amides is 1. The molecule has 0 spiro atoms. The van der Waals surface area contributed by atoms with Gasteiger partial charge in [0.1, 0.15) is 5.69 Å². The van der Waals surface area contributed by atoms with E-state index in [4.69, 9.17) is 4.74 Å². The first-order valence-electron chi connectivity index (χ1n) is 11.3. The summed E-state index contributed by atoms with van der Waals surface area (Å²) in [6.07, 6.45) is 6.61. The van der Waals surface area contributed by atoms with Crippen molar-refractivity contribution in [1.29, 1.82) is 0 Å². The fraction of sp³-hybridized carbons (Fsp3) is 0.292. The lowest BCUT2D eigenvalue weighted by Crippen LogP contribution is -2.51. The number of nitrogens with one attached hydrogen (secondary N) is 3. The monoisotopic (exact) mass is 474 g/mol. The Morgan fingerprint density at radius 3 is 2.69 bits per heavy atom. The molecule has 1 saturated carbocycles. The molecule has 0 aromatic carbocycles. The van der Waals surface area contributed by atoms with E-state index in [1.54, 1.807) is 44.8 Å². The number of pyridine rings is 2. The van der Waals surface area contributed by atoms with E-state index in [0.717, 1.165) is 18.5 Å². The molecule has 2 atom stereocenters. The fourth-order valence-corrected chi connectivity index (χ4v) is 4.06. The molecule has 3 N–H and O–H groups in total. The molecule has 0 unspecified atom stereocenters. The van der Waals surface area contributed by atoms with Gasteiger partial charge in [-0.25, -0.2) is 9.50 Å². The summed E-state index contributed by atoms with van der Waals surface area (Å²) in [5.41, 5.74) is 3.02. The SMILES string of the molecule is CNc1cc(Nc2cccn(-c3ccc(C)nc3)c2=O)nn2c(C(=O)N[C@H]3CC[C@@H]3OC)cnc12. The van der Waals surface area contributed by atoms with Crippen LogP contribution in [0.25, 0.3) is 11.3 Å². The summed E-state index contributed by atoms with van der Waals surface area (Å²) in [5.74, 6) is 0.0917. The minimum Gasteiger partial charge on any atom is -0.385 e. The lowest BCUT2D eigenvalue weighted by Gasteiger charge is -2.35. The van der Waals surface area contributed by atoms with Crippen molar-refractivity contribution in [2.24, 2.45) is 0 Å². The standard InChI is InChI=1S/C24H26N8O3/c1-14-6-7-15(12-26-14)31-10-4-5-17(24(31)34)28-21-11-18(25-2)22-27-13-19(32(22)30-21)23(33)29-16-8-9-20(16)35-3/h4-7,10-13,16,20,25H,8-9H2,1-3H3,(H,28,30)(H,29,33)/t16-,20-/m0/s1. The van der Waals surface area contributed by atoms with Crippen molar-refractivity contribution >= 4 is 28.7 Å². The zero-order valence-corrected chi connectivity index (χ0v) is 19.6. The smallest absolute Gasteiger partial charge is 0.278 e. The Labute approximate surface area is 201 Å². The summed E-state index contributed by atoms with van der Waals surface area (Å²) >= 11 is 0. The van der Waals surface area contributed by atoms with E-state index in [0.29, 0.717) is 28.5 Å². The van der Waals surface area contributed by atoms with Crippen LogP contribution in [0.4, 0.5) is 17.2 Å². The normalized spacial score (nSPS) is 17.1. The van der Waals surface area contributed by atoms with E-state index in [1.807, 2.05) is 19.1 Å². The number of rotatable bonds is 7. The van der Waals surface area contributed by atoms with Crippen molar-refractivity contribution in [2.45, 2.75) is 31.9 Å². The number of hydrogen-bond acceptors (Lipinski definition) is 8. The Hall–Kier alpha value is -4.25. The van der Waals surface area contributed by atoms with Crippen molar-refractivity contribution in [1.82, 2.24) is 29.5 Å². The third kappa shape index (κ3) is 4.21. The minimum absolute atomic E-state index is 0.0140. The van der Waals surface area contributed by atoms with E-state index in [2.05, 4.69) is 31.0 Å². The average molecular weight is 475 g/mol.